The first-order valence-corrected chi connectivity index (χ1v) is 6.95. The van der Waals surface area contributed by atoms with Crippen molar-refractivity contribution in [1.82, 2.24) is 0 Å². The molecule has 0 saturated heterocycles. The normalized spacial score (nSPS) is 11.2. The molecule has 0 saturated carbocycles. The van der Waals surface area contributed by atoms with Gasteiger partial charge in [-0.3, -0.25) is 4.99 Å². The summed E-state index contributed by atoms with van der Waals surface area (Å²) in [5.74, 6) is 0.166. The Morgan fingerprint density at radius 3 is 2.42 bits per heavy atom. The molecule has 0 aliphatic carbocycles. The molecule has 0 heterocycles. The quantitative estimate of drug-likeness (QED) is 0.752. The summed E-state index contributed by atoms with van der Waals surface area (Å²) in [6, 6.07) is 9.55. The SMILES string of the molecule is Cc1c(Cl)c(C)c(C=Nc2ccccc2)c(O)c1Br. The molecule has 0 atom stereocenters. The van der Waals surface area contributed by atoms with Gasteiger partial charge in [-0.1, -0.05) is 29.8 Å². The van der Waals surface area contributed by atoms with Crippen molar-refractivity contribution in [2.75, 3.05) is 0 Å². The summed E-state index contributed by atoms with van der Waals surface area (Å²) in [4.78, 5) is 4.35. The smallest absolute Gasteiger partial charge is 0.139 e. The highest BCUT2D eigenvalue weighted by atomic mass is 79.9. The fourth-order valence-electron chi connectivity index (χ4n) is 1.78. The minimum atomic E-state index is 0.166. The lowest BCUT2D eigenvalue weighted by atomic mass is 10.0. The molecule has 2 rings (SSSR count). The Bertz CT molecular complexity index is 609. The maximum atomic E-state index is 10.2. The van der Waals surface area contributed by atoms with E-state index in [-0.39, 0.29) is 5.75 Å². The fourth-order valence-corrected chi connectivity index (χ4v) is 2.50. The van der Waals surface area contributed by atoms with E-state index in [1.54, 1.807) is 6.21 Å². The highest BCUT2D eigenvalue weighted by Crippen LogP contribution is 2.38. The van der Waals surface area contributed by atoms with Crippen molar-refractivity contribution < 1.29 is 5.11 Å². The predicted octanol–water partition coefficient (Wildman–Crippen LogP) is 5.18. The van der Waals surface area contributed by atoms with Crippen molar-refractivity contribution in [3.8, 4) is 5.75 Å². The molecule has 0 bridgehead atoms. The van der Waals surface area contributed by atoms with Gasteiger partial charge in [-0.25, -0.2) is 0 Å². The number of para-hydroxylation sites is 1. The Kier molecular flexibility index (Phi) is 4.27. The number of rotatable bonds is 2. The lowest BCUT2D eigenvalue weighted by molar-refractivity contribution is 0.470. The van der Waals surface area contributed by atoms with Gasteiger partial charge in [-0.05, 0) is 53.0 Å². The Hall–Kier alpha value is -1.32. The van der Waals surface area contributed by atoms with Gasteiger partial charge < -0.3 is 5.11 Å². The zero-order valence-electron chi connectivity index (χ0n) is 10.6. The number of hydrogen-bond donors (Lipinski definition) is 1. The van der Waals surface area contributed by atoms with Crippen LogP contribution in [0.1, 0.15) is 16.7 Å². The van der Waals surface area contributed by atoms with Gasteiger partial charge in [0.15, 0.2) is 0 Å². The van der Waals surface area contributed by atoms with Crippen LogP contribution in [-0.2, 0) is 0 Å². The fraction of sp³-hybridized carbons (Fsp3) is 0.133. The molecular weight excluding hydrogens is 326 g/mol. The summed E-state index contributed by atoms with van der Waals surface area (Å²) in [6.45, 7) is 3.73. The van der Waals surface area contributed by atoms with Crippen molar-refractivity contribution in [3.05, 3.63) is 56.5 Å². The second-order valence-corrected chi connectivity index (χ2v) is 5.40. The van der Waals surface area contributed by atoms with E-state index < -0.39 is 0 Å². The molecule has 0 unspecified atom stereocenters. The molecule has 2 aromatic carbocycles. The third kappa shape index (κ3) is 2.82. The molecule has 2 nitrogen and oxygen atoms in total. The van der Waals surface area contributed by atoms with Crippen LogP contribution in [0, 0.1) is 13.8 Å². The van der Waals surface area contributed by atoms with E-state index >= 15 is 0 Å². The average molecular weight is 339 g/mol. The van der Waals surface area contributed by atoms with Gasteiger partial charge in [0.25, 0.3) is 0 Å². The first-order chi connectivity index (χ1) is 9.02. The van der Waals surface area contributed by atoms with Gasteiger partial charge in [-0.15, -0.1) is 0 Å². The summed E-state index contributed by atoms with van der Waals surface area (Å²) < 4.78 is 0.609. The molecule has 0 aliphatic heterocycles. The Balaban J connectivity index is 2.50. The van der Waals surface area contributed by atoms with E-state index in [1.165, 1.54) is 0 Å². The van der Waals surface area contributed by atoms with Gasteiger partial charge in [-0.2, -0.15) is 0 Å². The number of aromatic hydroxyl groups is 1. The largest absolute Gasteiger partial charge is 0.506 e. The maximum absolute atomic E-state index is 10.2. The summed E-state index contributed by atoms with van der Waals surface area (Å²) in [7, 11) is 0. The number of halogens is 2. The van der Waals surface area contributed by atoms with Crippen LogP contribution in [0.2, 0.25) is 5.02 Å². The topological polar surface area (TPSA) is 32.6 Å². The summed E-state index contributed by atoms with van der Waals surface area (Å²) in [5.41, 5.74) is 3.11. The second-order valence-electron chi connectivity index (χ2n) is 4.23. The molecule has 0 amide bonds. The zero-order valence-corrected chi connectivity index (χ0v) is 13.0. The van der Waals surface area contributed by atoms with Gasteiger partial charge in [0, 0.05) is 16.8 Å². The van der Waals surface area contributed by atoms with Crippen molar-refractivity contribution in [1.29, 1.82) is 0 Å². The lowest BCUT2D eigenvalue weighted by Crippen LogP contribution is -1.94. The number of aliphatic imine (C=N–C) groups is 1. The van der Waals surface area contributed by atoms with Crippen molar-refractivity contribution in [2.45, 2.75) is 13.8 Å². The van der Waals surface area contributed by atoms with E-state index in [9.17, 15) is 5.11 Å². The third-order valence-corrected chi connectivity index (χ3v) is 4.49. The van der Waals surface area contributed by atoms with E-state index in [1.807, 2.05) is 44.2 Å². The van der Waals surface area contributed by atoms with Crippen LogP contribution in [0.25, 0.3) is 0 Å². The molecular formula is C15H13BrClNO. The van der Waals surface area contributed by atoms with Crippen LogP contribution < -0.4 is 0 Å². The highest BCUT2D eigenvalue weighted by Gasteiger charge is 2.15. The van der Waals surface area contributed by atoms with Gasteiger partial charge in [0.05, 0.1) is 10.2 Å². The minimum absolute atomic E-state index is 0.166. The summed E-state index contributed by atoms with van der Waals surface area (Å²) >= 11 is 9.58. The van der Waals surface area contributed by atoms with Crippen LogP contribution in [0.4, 0.5) is 5.69 Å². The molecule has 0 aromatic heterocycles. The zero-order chi connectivity index (χ0) is 14.0. The van der Waals surface area contributed by atoms with Crippen molar-refractivity contribution in [3.63, 3.8) is 0 Å². The molecule has 19 heavy (non-hydrogen) atoms. The Labute approximate surface area is 125 Å². The Morgan fingerprint density at radius 2 is 1.79 bits per heavy atom. The first-order valence-electron chi connectivity index (χ1n) is 5.78. The first kappa shape index (κ1) is 14.1. The number of phenols is 1. The van der Waals surface area contributed by atoms with E-state index in [4.69, 9.17) is 11.6 Å². The molecule has 4 heteroatoms. The van der Waals surface area contributed by atoms with Crippen LogP contribution in [0.3, 0.4) is 0 Å². The van der Waals surface area contributed by atoms with Crippen LogP contribution in [0.5, 0.6) is 5.75 Å². The monoisotopic (exact) mass is 337 g/mol. The second kappa shape index (κ2) is 5.76. The minimum Gasteiger partial charge on any atom is -0.506 e. The molecule has 0 spiro atoms. The molecule has 98 valence electrons. The number of hydrogen-bond acceptors (Lipinski definition) is 2. The Morgan fingerprint density at radius 1 is 1.16 bits per heavy atom. The van der Waals surface area contributed by atoms with Gasteiger partial charge in [0.1, 0.15) is 5.75 Å². The van der Waals surface area contributed by atoms with E-state index in [0.29, 0.717) is 15.1 Å². The summed E-state index contributed by atoms with van der Waals surface area (Å²) in [6.07, 6.45) is 1.64. The van der Waals surface area contributed by atoms with Crippen LogP contribution in [-0.4, -0.2) is 11.3 Å². The van der Waals surface area contributed by atoms with Gasteiger partial charge in [0.2, 0.25) is 0 Å². The number of nitrogens with zero attached hydrogens (tertiary/aromatic N) is 1. The third-order valence-electron chi connectivity index (χ3n) is 2.95. The molecule has 0 fully saturated rings. The summed E-state index contributed by atoms with van der Waals surface area (Å²) in [5, 5.41) is 10.8. The van der Waals surface area contributed by atoms with E-state index in [2.05, 4.69) is 20.9 Å². The number of benzene rings is 2. The maximum Gasteiger partial charge on any atom is 0.139 e. The lowest BCUT2D eigenvalue weighted by Gasteiger charge is -2.11. The molecule has 2 aromatic rings. The standard InChI is InChI=1S/C15H13BrClNO/c1-9-12(8-18-11-6-4-3-5-7-11)15(19)13(16)10(2)14(9)17/h3-8,19H,1-2H3. The number of phenolic OH excluding ortho intramolecular Hbond substituents is 1. The molecule has 0 aliphatic rings. The predicted molar refractivity (Wildman–Crippen MR) is 84.0 cm³/mol. The van der Waals surface area contributed by atoms with Gasteiger partial charge >= 0.3 is 0 Å². The van der Waals surface area contributed by atoms with Crippen LogP contribution >= 0.6 is 27.5 Å². The van der Waals surface area contributed by atoms with Crippen molar-refractivity contribution >= 4 is 39.4 Å². The highest BCUT2D eigenvalue weighted by molar-refractivity contribution is 9.10. The van der Waals surface area contributed by atoms with E-state index in [0.717, 1.165) is 16.8 Å². The average Bonchev–Trinajstić information content (AvgIpc) is 2.44. The molecule has 0 radical (unpaired) electrons. The van der Waals surface area contributed by atoms with Crippen LogP contribution in [0.15, 0.2) is 39.8 Å². The van der Waals surface area contributed by atoms with Crippen molar-refractivity contribution in [2.24, 2.45) is 4.99 Å². The molecule has 1 N–H and O–H groups in total.